The van der Waals surface area contributed by atoms with E-state index < -0.39 is 0 Å². The van der Waals surface area contributed by atoms with Crippen molar-refractivity contribution in [2.24, 2.45) is 11.1 Å². The van der Waals surface area contributed by atoms with Gasteiger partial charge in [-0.15, -0.1) is 0 Å². The molecule has 82 valence electrons. The molecule has 15 heavy (non-hydrogen) atoms. The minimum atomic E-state index is 0.0453. The third-order valence-corrected chi connectivity index (χ3v) is 2.20. The lowest BCUT2D eigenvalue weighted by atomic mass is 9.88. The van der Waals surface area contributed by atoms with Gasteiger partial charge in [-0.25, -0.2) is 0 Å². The zero-order chi connectivity index (χ0) is 11.5. The molecule has 0 aromatic heterocycles. The molecule has 1 aromatic rings. The monoisotopic (exact) mass is 205 g/mol. The number of hydrogen-bond acceptors (Lipinski definition) is 2. The minimum absolute atomic E-state index is 0.0453. The van der Waals surface area contributed by atoms with E-state index in [0.29, 0.717) is 13.0 Å². The number of nitrogens with two attached hydrogens (primary N) is 1. The van der Waals surface area contributed by atoms with Crippen LogP contribution in [0.25, 0.3) is 0 Å². The molecule has 0 aliphatic heterocycles. The zero-order valence-electron chi connectivity index (χ0n) is 9.71. The summed E-state index contributed by atoms with van der Waals surface area (Å²) in [6.45, 7) is 6.73. The van der Waals surface area contributed by atoms with Crippen LogP contribution in [0.2, 0.25) is 0 Å². The van der Waals surface area contributed by atoms with E-state index in [1.54, 1.807) is 0 Å². The number of carbonyl (C=O) groups excluding carboxylic acids is 1. The normalized spacial score (nSPS) is 11.5. The van der Waals surface area contributed by atoms with Gasteiger partial charge < -0.3 is 5.73 Å². The molecule has 0 atom stereocenters. The van der Waals surface area contributed by atoms with Gasteiger partial charge >= 0.3 is 0 Å². The van der Waals surface area contributed by atoms with Crippen LogP contribution < -0.4 is 5.73 Å². The molecule has 0 saturated carbocycles. The fourth-order valence-electron chi connectivity index (χ4n) is 1.41. The predicted octanol–water partition coefficient (Wildman–Crippen LogP) is 2.76. The number of benzene rings is 1. The van der Waals surface area contributed by atoms with E-state index in [1.807, 2.05) is 24.3 Å². The Morgan fingerprint density at radius 2 is 1.73 bits per heavy atom. The molecule has 0 spiro atoms. The first-order chi connectivity index (χ1) is 6.92. The lowest BCUT2D eigenvalue weighted by Gasteiger charge is -2.16. The van der Waals surface area contributed by atoms with Gasteiger partial charge in [-0.3, -0.25) is 4.79 Å². The van der Waals surface area contributed by atoms with Crippen molar-refractivity contribution in [3.05, 3.63) is 35.4 Å². The first-order valence-corrected chi connectivity index (χ1v) is 5.24. The van der Waals surface area contributed by atoms with Crippen LogP contribution in [-0.2, 0) is 6.54 Å². The summed E-state index contributed by atoms with van der Waals surface area (Å²) in [5, 5.41) is 0. The molecule has 2 N–H and O–H groups in total. The SMILES string of the molecule is CC(C)(C)CC(=O)c1ccc(CN)cc1. The molecular formula is C13H19NO. The molecule has 2 nitrogen and oxygen atoms in total. The standard InChI is InChI=1S/C13H19NO/c1-13(2,3)8-12(15)11-6-4-10(9-14)5-7-11/h4-7H,8-9,14H2,1-3H3. The maximum absolute atomic E-state index is 11.8. The fourth-order valence-corrected chi connectivity index (χ4v) is 1.41. The molecule has 2 heteroatoms. The lowest BCUT2D eigenvalue weighted by molar-refractivity contribution is 0.0940. The molecule has 1 aromatic carbocycles. The summed E-state index contributed by atoms with van der Waals surface area (Å²) >= 11 is 0. The third kappa shape index (κ3) is 3.84. The molecular weight excluding hydrogens is 186 g/mol. The highest BCUT2D eigenvalue weighted by atomic mass is 16.1. The Hall–Kier alpha value is -1.15. The predicted molar refractivity (Wildman–Crippen MR) is 62.7 cm³/mol. The van der Waals surface area contributed by atoms with Crippen LogP contribution in [0.4, 0.5) is 0 Å². The number of hydrogen-bond donors (Lipinski definition) is 1. The average molecular weight is 205 g/mol. The Morgan fingerprint density at radius 3 is 2.13 bits per heavy atom. The van der Waals surface area contributed by atoms with Crippen molar-refractivity contribution in [3.8, 4) is 0 Å². The average Bonchev–Trinajstić information content (AvgIpc) is 2.15. The van der Waals surface area contributed by atoms with E-state index in [9.17, 15) is 4.79 Å². The van der Waals surface area contributed by atoms with Crippen LogP contribution in [0, 0.1) is 5.41 Å². The summed E-state index contributed by atoms with van der Waals surface area (Å²) in [5.41, 5.74) is 7.38. The molecule has 0 aliphatic rings. The first kappa shape index (κ1) is 11.9. The summed E-state index contributed by atoms with van der Waals surface area (Å²) in [6, 6.07) is 7.54. The molecule has 0 bridgehead atoms. The molecule has 0 amide bonds. The number of ketones is 1. The Morgan fingerprint density at radius 1 is 1.20 bits per heavy atom. The Labute approximate surface area is 91.5 Å². The van der Waals surface area contributed by atoms with Gasteiger partial charge in [0.1, 0.15) is 0 Å². The highest BCUT2D eigenvalue weighted by Crippen LogP contribution is 2.21. The second-order valence-electron chi connectivity index (χ2n) is 5.06. The Kier molecular flexibility index (Phi) is 3.64. The van der Waals surface area contributed by atoms with Gasteiger partial charge in [0.2, 0.25) is 0 Å². The first-order valence-electron chi connectivity index (χ1n) is 5.24. The van der Waals surface area contributed by atoms with E-state index >= 15 is 0 Å². The smallest absolute Gasteiger partial charge is 0.163 e. The quantitative estimate of drug-likeness (QED) is 0.771. The van der Waals surface area contributed by atoms with Crippen LogP contribution in [0.3, 0.4) is 0 Å². The topological polar surface area (TPSA) is 43.1 Å². The van der Waals surface area contributed by atoms with Gasteiger partial charge in [-0.2, -0.15) is 0 Å². The van der Waals surface area contributed by atoms with Gasteiger partial charge in [0.05, 0.1) is 0 Å². The summed E-state index contributed by atoms with van der Waals surface area (Å²) in [7, 11) is 0. The van der Waals surface area contributed by atoms with Crippen LogP contribution in [0.5, 0.6) is 0 Å². The van der Waals surface area contributed by atoms with E-state index in [-0.39, 0.29) is 11.2 Å². The third-order valence-electron chi connectivity index (χ3n) is 2.20. The summed E-state index contributed by atoms with van der Waals surface area (Å²) < 4.78 is 0. The van der Waals surface area contributed by atoms with Crippen molar-refractivity contribution < 1.29 is 4.79 Å². The van der Waals surface area contributed by atoms with Crippen LogP contribution in [0.15, 0.2) is 24.3 Å². The van der Waals surface area contributed by atoms with Crippen LogP contribution >= 0.6 is 0 Å². The summed E-state index contributed by atoms with van der Waals surface area (Å²) in [6.07, 6.45) is 0.578. The fraction of sp³-hybridized carbons (Fsp3) is 0.462. The minimum Gasteiger partial charge on any atom is -0.326 e. The van der Waals surface area contributed by atoms with E-state index in [0.717, 1.165) is 11.1 Å². The van der Waals surface area contributed by atoms with Crippen LogP contribution in [0.1, 0.15) is 43.1 Å². The van der Waals surface area contributed by atoms with E-state index in [1.165, 1.54) is 0 Å². The molecule has 0 radical (unpaired) electrons. The second kappa shape index (κ2) is 4.58. The van der Waals surface area contributed by atoms with Gasteiger partial charge in [0.15, 0.2) is 5.78 Å². The Bertz CT molecular complexity index is 333. The number of rotatable bonds is 3. The molecule has 0 heterocycles. The largest absolute Gasteiger partial charge is 0.326 e. The molecule has 0 fully saturated rings. The van der Waals surface area contributed by atoms with Gasteiger partial charge in [0, 0.05) is 18.5 Å². The summed E-state index contributed by atoms with van der Waals surface area (Å²) in [4.78, 5) is 11.8. The van der Waals surface area contributed by atoms with E-state index in [2.05, 4.69) is 20.8 Å². The van der Waals surface area contributed by atoms with Crippen molar-refractivity contribution in [1.82, 2.24) is 0 Å². The van der Waals surface area contributed by atoms with Crippen molar-refractivity contribution in [2.75, 3.05) is 0 Å². The molecule has 0 aliphatic carbocycles. The molecule has 0 unspecified atom stereocenters. The number of Topliss-reactive ketones (excluding diaryl/α,β-unsaturated/α-hetero) is 1. The zero-order valence-corrected chi connectivity index (χ0v) is 9.71. The number of carbonyl (C=O) groups is 1. The van der Waals surface area contributed by atoms with Gasteiger partial charge in [-0.05, 0) is 11.0 Å². The van der Waals surface area contributed by atoms with Crippen molar-refractivity contribution in [2.45, 2.75) is 33.7 Å². The van der Waals surface area contributed by atoms with Crippen LogP contribution in [-0.4, -0.2) is 5.78 Å². The van der Waals surface area contributed by atoms with Gasteiger partial charge in [0.25, 0.3) is 0 Å². The maximum Gasteiger partial charge on any atom is 0.163 e. The Balaban J connectivity index is 2.75. The van der Waals surface area contributed by atoms with Crippen molar-refractivity contribution in [3.63, 3.8) is 0 Å². The van der Waals surface area contributed by atoms with Crippen molar-refractivity contribution in [1.29, 1.82) is 0 Å². The lowest BCUT2D eigenvalue weighted by Crippen LogP contribution is -2.13. The molecule has 0 saturated heterocycles. The molecule has 1 rings (SSSR count). The highest BCUT2D eigenvalue weighted by molar-refractivity contribution is 5.96. The van der Waals surface area contributed by atoms with Crippen molar-refractivity contribution >= 4 is 5.78 Å². The second-order valence-corrected chi connectivity index (χ2v) is 5.06. The summed E-state index contributed by atoms with van der Waals surface area (Å²) in [5.74, 6) is 0.200. The van der Waals surface area contributed by atoms with Gasteiger partial charge in [-0.1, -0.05) is 45.0 Å². The maximum atomic E-state index is 11.8. The highest BCUT2D eigenvalue weighted by Gasteiger charge is 2.16. The van der Waals surface area contributed by atoms with E-state index in [4.69, 9.17) is 5.73 Å².